The molecule has 68 heavy (non-hydrogen) atoms. The lowest BCUT2D eigenvalue weighted by atomic mass is 9.79. The Morgan fingerprint density at radius 2 is 0.779 bits per heavy atom. The van der Waals surface area contributed by atoms with Crippen molar-refractivity contribution in [1.82, 2.24) is 0 Å². The molecule has 9 aromatic rings. The molecule has 0 amide bonds. The number of rotatable bonds is 20. The van der Waals surface area contributed by atoms with E-state index in [1.165, 1.54) is 160 Å². The van der Waals surface area contributed by atoms with Gasteiger partial charge in [0.1, 0.15) is 11.5 Å². The molecule has 0 aromatic heterocycles. The van der Waals surface area contributed by atoms with E-state index in [2.05, 4.69) is 174 Å². The fourth-order valence-electron chi connectivity index (χ4n) is 10.4. The highest BCUT2D eigenvalue weighted by Gasteiger charge is 2.24. The second-order valence-electron chi connectivity index (χ2n) is 20.4. The van der Waals surface area contributed by atoms with Crippen LogP contribution in [0, 0.1) is 23.7 Å². The van der Waals surface area contributed by atoms with Crippen LogP contribution in [0.3, 0.4) is 0 Å². The van der Waals surface area contributed by atoms with E-state index in [0.29, 0.717) is 0 Å². The highest BCUT2D eigenvalue weighted by atomic mass is 16.5. The number of ether oxygens (including phenoxy) is 2. The Balaban J connectivity index is 1.08. The van der Waals surface area contributed by atoms with E-state index in [1.807, 2.05) is 0 Å². The molecule has 0 aliphatic rings. The summed E-state index contributed by atoms with van der Waals surface area (Å²) in [6.45, 7) is 13.0. The molecule has 0 radical (unpaired) electrons. The first-order chi connectivity index (χ1) is 33.3. The van der Waals surface area contributed by atoms with Crippen molar-refractivity contribution in [1.29, 1.82) is 0 Å². The quantitative estimate of drug-likeness (QED) is 0.0328. The van der Waals surface area contributed by atoms with Crippen molar-refractivity contribution in [2.75, 3.05) is 13.2 Å². The molecule has 9 rings (SSSR count). The molecule has 346 valence electrons. The lowest BCUT2D eigenvalue weighted by molar-refractivity contribution is 0.304. The van der Waals surface area contributed by atoms with Gasteiger partial charge in [-0.3, -0.25) is 0 Å². The highest BCUT2D eigenvalue weighted by Crippen LogP contribution is 2.48. The highest BCUT2D eigenvalue weighted by molar-refractivity contribution is 6.41. The standard InChI is InChI=1S/C66H70O2/c1-6-8-10-12-14-16-18-20-41-67-56-35-27-47(28-36-56)25-31-51-43-53-45-55(66(3,4)5)46-54-44-52(32-26-48-29-37-57(38-30-48)68-42-21-19-17-15-13-11-9-7-2)63-59-40-34-50-24-22-23-49-33-39-58(64(59)60(49)50)62(51)65(63)61(53)54/h22-24,27-30,33-40,43-46H,6-21,41-42H2,1-5H3. The van der Waals surface area contributed by atoms with Crippen LogP contribution >= 0.6 is 0 Å². The molecular formula is C66H70O2. The van der Waals surface area contributed by atoms with Gasteiger partial charge in [-0.05, 0) is 133 Å². The van der Waals surface area contributed by atoms with E-state index < -0.39 is 0 Å². The minimum Gasteiger partial charge on any atom is -0.494 e. The third-order valence-electron chi connectivity index (χ3n) is 14.2. The average molecular weight is 895 g/mol. The van der Waals surface area contributed by atoms with Gasteiger partial charge in [0.2, 0.25) is 0 Å². The molecule has 9 aromatic carbocycles. The minimum atomic E-state index is -0.0466. The predicted molar refractivity (Wildman–Crippen MR) is 294 cm³/mol. The Kier molecular flexibility index (Phi) is 15.0. The van der Waals surface area contributed by atoms with E-state index in [1.54, 1.807) is 0 Å². The smallest absolute Gasteiger partial charge is 0.119 e. The Bertz CT molecular complexity index is 3030. The number of benzene rings is 9. The van der Waals surface area contributed by atoms with Crippen molar-refractivity contribution in [2.24, 2.45) is 0 Å². The van der Waals surface area contributed by atoms with Crippen molar-refractivity contribution < 1.29 is 9.47 Å². The molecule has 0 atom stereocenters. The lowest BCUT2D eigenvalue weighted by Crippen LogP contribution is -2.11. The van der Waals surface area contributed by atoms with Gasteiger partial charge in [0, 0.05) is 38.4 Å². The molecule has 0 heterocycles. The van der Waals surface area contributed by atoms with Crippen LogP contribution in [0.15, 0.2) is 115 Å². The summed E-state index contributed by atoms with van der Waals surface area (Å²) in [5, 5.41) is 14.9. The second kappa shape index (κ2) is 21.8. The molecule has 0 N–H and O–H groups in total. The zero-order valence-corrected chi connectivity index (χ0v) is 41.5. The van der Waals surface area contributed by atoms with Crippen LogP contribution in [0.25, 0.3) is 64.6 Å². The Labute approximate surface area is 406 Å². The molecule has 0 bridgehead atoms. The van der Waals surface area contributed by atoms with Crippen molar-refractivity contribution in [2.45, 2.75) is 143 Å². The summed E-state index contributed by atoms with van der Waals surface area (Å²) in [6, 6.07) is 42.2. The van der Waals surface area contributed by atoms with Gasteiger partial charge in [0.05, 0.1) is 13.2 Å². The van der Waals surface area contributed by atoms with Gasteiger partial charge >= 0.3 is 0 Å². The second-order valence-corrected chi connectivity index (χ2v) is 20.4. The fourth-order valence-corrected chi connectivity index (χ4v) is 10.4. The van der Waals surface area contributed by atoms with Crippen molar-refractivity contribution in [3.63, 3.8) is 0 Å². The average Bonchev–Trinajstić information content (AvgIpc) is 3.35. The first kappa shape index (κ1) is 46.9. The van der Waals surface area contributed by atoms with Crippen LogP contribution in [0.2, 0.25) is 0 Å². The summed E-state index contributed by atoms with van der Waals surface area (Å²) in [7, 11) is 0. The topological polar surface area (TPSA) is 18.5 Å². The van der Waals surface area contributed by atoms with Gasteiger partial charge in [0.25, 0.3) is 0 Å². The Morgan fingerprint density at radius 1 is 0.368 bits per heavy atom. The maximum Gasteiger partial charge on any atom is 0.119 e. The van der Waals surface area contributed by atoms with Crippen LogP contribution in [0.1, 0.15) is 165 Å². The van der Waals surface area contributed by atoms with Gasteiger partial charge in [0.15, 0.2) is 0 Å². The third kappa shape index (κ3) is 10.6. The number of hydrogen-bond acceptors (Lipinski definition) is 2. The molecule has 2 heteroatoms. The molecule has 0 saturated heterocycles. The van der Waals surface area contributed by atoms with Gasteiger partial charge < -0.3 is 9.47 Å². The zero-order valence-electron chi connectivity index (χ0n) is 41.5. The van der Waals surface area contributed by atoms with Crippen LogP contribution in [-0.4, -0.2) is 13.2 Å². The lowest BCUT2D eigenvalue weighted by Gasteiger charge is -2.24. The summed E-state index contributed by atoms with van der Waals surface area (Å²) < 4.78 is 12.4. The van der Waals surface area contributed by atoms with Crippen LogP contribution < -0.4 is 9.47 Å². The molecule has 0 saturated carbocycles. The van der Waals surface area contributed by atoms with Crippen molar-refractivity contribution in [3.05, 3.63) is 143 Å². The van der Waals surface area contributed by atoms with Gasteiger partial charge in [-0.25, -0.2) is 0 Å². The summed E-state index contributed by atoms with van der Waals surface area (Å²) in [5.74, 6) is 16.5. The minimum absolute atomic E-state index is 0.0466. The summed E-state index contributed by atoms with van der Waals surface area (Å²) >= 11 is 0. The van der Waals surface area contributed by atoms with E-state index in [4.69, 9.17) is 9.47 Å². The van der Waals surface area contributed by atoms with Gasteiger partial charge in [-0.15, -0.1) is 0 Å². The van der Waals surface area contributed by atoms with Crippen LogP contribution in [0.4, 0.5) is 0 Å². The first-order valence-corrected chi connectivity index (χ1v) is 26.2. The molecule has 0 spiro atoms. The molecule has 0 unspecified atom stereocenters. The van der Waals surface area contributed by atoms with Crippen LogP contribution in [-0.2, 0) is 5.41 Å². The van der Waals surface area contributed by atoms with Crippen LogP contribution in [0.5, 0.6) is 11.5 Å². The number of unbranched alkanes of at least 4 members (excludes halogenated alkanes) is 14. The summed E-state index contributed by atoms with van der Waals surface area (Å²) in [6.07, 6.45) is 20.7. The largest absolute Gasteiger partial charge is 0.494 e. The van der Waals surface area contributed by atoms with Crippen molar-refractivity contribution >= 4 is 64.6 Å². The molecular weight excluding hydrogens is 825 g/mol. The maximum absolute atomic E-state index is 6.18. The molecule has 0 aliphatic carbocycles. The summed E-state index contributed by atoms with van der Waals surface area (Å²) in [5.41, 5.74) is 5.28. The number of fused-ring (bicyclic) bond motifs is 2. The van der Waals surface area contributed by atoms with E-state index in [0.717, 1.165) is 59.8 Å². The van der Waals surface area contributed by atoms with Gasteiger partial charge in [-0.2, -0.15) is 0 Å². The molecule has 0 aliphatic heterocycles. The number of hydrogen-bond donors (Lipinski definition) is 0. The van der Waals surface area contributed by atoms with E-state index in [9.17, 15) is 0 Å². The monoisotopic (exact) mass is 895 g/mol. The maximum atomic E-state index is 6.18. The van der Waals surface area contributed by atoms with Gasteiger partial charge in [-0.1, -0.05) is 203 Å². The SMILES string of the molecule is CCCCCCCCCCOc1ccc(C#Cc2cc3cc(C(C)(C)C)cc4cc(C#Cc5ccc(OCCCCCCCCCC)cc5)c5c6ccc7cccc8ccc(c2c5c34)c6c87)cc1. The molecule has 2 nitrogen and oxygen atoms in total. The Hall–Kier alpha value is -6.22. The first-order valence-electron chi connectivity index (χ1n) is 26.2. The zero-order chi connectivity index (χ0) is 46.9. The predicted octanol–water partition coefficient (Wildman–Crippen LogP) is 18.6. The van der Waals surface area contributed by atoms with E-state index >= 15 is 0 Å². The Morgan fingerprint density at radius 3 is 1.21 bits per heavy atom. The summed E-state index contributed by atoms with van der Waals surface area (Å²) in [4.78, 5) is 0. The van der Waals surface area contributed by atoms with Crippen molar-refractivity contribution in [3.8, 4) is 35.2 Å². The third-order valence-corrected chi connectivity index (χ3v) is 14.2. The normalized spacial score (nSPS) is 11.8. The fraction of sp³-hybridized carbons (Fsp3) is 0.364. The molecule has 0 fully saturated rings. The van der Waals surface area contributed by atoms with E-state index in [-0.39, 0.29) is 5.41 Å².